The van der Waals surface area contributed by atoms with Crippen LogP contribution in [0.15, 0.2) is 11.8 Å². The van der Waals surface area contributed by atoms with Gasteiger partial charge in [-0.1, -0.05) is 34.8 Å². The summed E-state index contributed by atoms with van der Waals surface area (Å²) in [7, 11) is 0. The van der Waals surface area contributed by atoms with E-state index in [2.05, 4.69) is 0 Å². The van der Waals surface area contributed by atoms with E-state index in [0.717, 1.165) is 0 Å². The van der Waals surface area contributed by atoms with Gasteiger partial charge in [-0.3, -0.25) is 9.69 Å². The molecule has 0 atom stereocenters. The number of allylic oxidation sites excluding steroid dienone is 1. The summed E-state index contributed by atoms with van der Waals surface area (Å²) in [5.74, 6) is -0.606. The Kier molecular flexibility index (Phi) is 5.15. The van der Waals surface area contributed by atoms with Crippen molar-refractivity contribution in [2.24, 2.45) is 0 Å². The van der Waals surface area contributed by atoms with E-state index in [1.165, 1.54) is 11.1 Å². The Balaban J connectivity index is 2.83. The molecule has 0 saturated heterocycles. The van der Waals surface area contributed by atoms with Crippen LogP contribution in [0.5, 0.6) is 0 Å². The van der Waals surface area contributed by atoms with Crippen molar-refractivity contribution in [3.63, 3.8) is 0 Å². The molecule has 0 radical (unpaired) electrons. The lowest BCUT2D eigenvalue weighted by Gasteiger charge is -2.28. The molecule has 0 fully saturated rings. The highest BCUT2D eigenvalue weighted by Gasteiger charge is 2.35. The molecule has 0 aromatic carbocycles. The SMILES string of the molecule is CC(C)(C)OC(=O)N1C=C(C(=O)C(Cl)(Cl)Cl)CCC1. The van der Waals surface area contributed by atoms with Gasteiger partial charge in [0, 0.05) is 18.3 Å². The molecule has 108 valence electrons. The van der Waals surface area contributed by atoms with Gasteiger partial charge in [-0.25, -0.2) is 4.79 Å². The fourth-order valence-electron chi connectivity index (χ4n) is 1.58. The number of halogens is 3. The second-order valence-electron chi connectivity index (χ2n) is 5.26. The van der Waals surface area contributed by atoms with Gasteiger partial charge in [-0.05, 0) is 33.6 Å². The second kappa shape index (κ2) is 5.90. The highest BCUT2D eigenvalue weighted by Crippen LogP contribution is 2.32. The number of alkyl halides is 3. The summed E-state index contributed by atoms with van der Waals surface area (Å²) >= 11 is 16.7. The smallest absolute Gasteiger partial charge is 0.414 e. The van der Waals surface area contributed by atoms with Crippen LogP contribution in [0.25, 0.3) is 0 Å². The van der Waals surface area contributed by atoms with Crippen LogP contribution in [0.3, 0.4) is 0 Å². The van der Waals surface area contributed by atoms with E-state index >= 15 is 0 Å². The molecule has 0 saturated carbocycles. The zero-order chi connectivity index (χ0) is 14.8. The standard InChI is InChI=1S/C12H16Cl3NO3/c1-11(2,3)19-10(18)16-6-4-5-8(7-16)9(17)12(13,14)15/h7H,4-6H2,1-3H3. The molecule has 19 heavy (non-hydrogen) atoms. The van der Waals surface area contributed by atoms with E-state index in [9.17, 15) is 9.59 Å². The van der Waals surface area contributed by atoms with Crippen molar-refractivity contribution in [1.29, 1.82) is 0 Å². The number of rotatable bonds is 1. The van der Waals surface area contributed by atoms with Crippen LogP contribution in [-0.4, -0.2) is 32.7 Å². The van der Waals surface area contributed by atoms with Crippen molar-refractivity contribution in [3.8, 4) is 0 Å². The number of amides is 1. The van der Waals surface area contributed by atoms with E-state index < -0.39 is 21.3 Å². The second-order valence-corrected chi connectivity index (χ2v) is 7.54. The summed E-state index contributed by atoms with van der Waals surface area (Å²) in [4.78, 5) is 25.0. The fraction of sp³-hybridized carbons (Fsp3) is 0.667. The molecule has 7 heteroatoms. The molecule has 0 aliphatic carbocycles. The average molecular weight is 329 g/mol. The van der Waals surface area contributed by atoms with Crippen LogP contribution in [0.4, 0.5) is 4.79 Å². The van der Waals surface area contributed by atoms with Gasteiger partial charge in [0.05, 0.1) is 0 Å². The predicted molar refractivity (Wildman–Crippen MR) is 75.6 cm³/mol. The van der Waals surface area contributed by atoms with Crippen molar-refractivity contribution in [3.05, 3.63) is 11.8 Å². The van der Waals surface area contributed by atoms with E-state index in [0.29, 0.717) is 25.0 Å². The Morgan fingerprint density at radius 2 is 1.84 bits per heavy atom. The van der Waals surface area contributed by atoms with E-state index in [4.69, 9.17) is 39.5 Å². The number of nitrogens with zero attached hydrogens (tertiary/aromatic N) is 1. The molecule has 4 nitrogen and oxygen atoms in total. The first-order chi connectivity index (χ1) is 8.50. The Labute approximate surface area is 127 Å². The molecule has 0 unspecified atom stereocenters. The molecular formula is C12H16Cl3NO3. The minimum absolute atomic E-state index is 0.317. The molecule has 1 aliphatic heterocycles. The van der Waals surface area contributed by atoms with E-state index in [1.807, 2.05) is 0 Å². The predicted octanol–water partition coefficient (Wildman–Crippen LogP) is 3.84. The molecule has 0 N–H and O–H groups in total. The van der Waals surface area contributed by atoms with Crippen LogP contribution < -0.4 is 0 Å². The summed E-state index contributed by atoms with van der Waals surface area (Å²) in [5, 5.41) is 0. The molecule has 1 amide bonds. The van der Waals surface area contributed by atoms with Crippen LogP contribution in [0.1, 0.15) is 33.6 Å². The number of ether oxygens (including phenoxy) is 1. The van der Waals surface area contributed by atoms with Gasteiger partial charge in [-0.2, -0.15) is 0 Å². The van der Waals surface area contributed by atoms with Crippen LogP contribution in [0, 0.1) is 0 Å². The van der Waals surface area contributed by atoms with Crippen molar-refractivity contribution < 1.29 is 14.3 Å². The third-order valence-corrected chi connectivity index (χ3v) is 2.85. The lowest BCUT2D eigenvalue weighted by molar-refractivity contribution is -0.115. The van der Waals surface area contributed by atoms with Crippen molar-refractivity contribution in [1.82, 2.24) is 4.90 Å². The molecule has 1 rings (SSSR count). The fourth-order valence-corrected chi connectivity index (χ4v) is 1.94. The third kappa shape index (κ3) is 5.21. The first-order valence-electron chi connectivity index (χ1n) is 5.82. The van der Waals surface area contributed by atoms with Crippen molar-refractivity contribution in [2.75, 3.05) is 6.54 Å². The number of Topliss-reactive ketones (excluding diaryl/α,β-unsaturated/α-hetero) is 1. The van der Waals surface area contributed by atoms with Gasteiger partial charge < -0.3 is 4.74 Å². The van der Waals surface area contributed by atoms with Gasteiger partial charge >= 0.3 is 6.09 Å². The van der Waals surface area contributed by atoms with Crippen LogP contribution >= 0.6 is 34.8 Å². The van der Waals surface area contributed by atoms with Crippen molar-refractivity contribution >= 4 is 46.7 Å². The van der Waals surface area contributed by atoms with Gasteiger partial charge in [-0.15, -0.1) is 0 Å². The van der Waals surface area contributed by atoms with Gasteiger partial charge in [0.15, 0.2) is 0 Å². The van der Waals surface area contributed by atoms with E-state index in [-0.39, 0.29) is 0 Å². The Hall–Kier alpha value is -0.450. The summed E-state index contributed by atoms with van der Waals surface area (Å²) in [6.07, 6.45) is 1.99. The Bertz CT molecular complexity index is 407. The zero-order valence-corrected chi connectivity index (χ0v) is 13.3. The topological polar surface area (TPSA) is 46.6 Å². The monoisotopic (exact) mass is 327 g/mol. The number of hydrogen-bond donors (Lipinski definition) is 0. The normalized spacial score (nSPS) is 16.9. The van der Waals surface area contributed by atoms with Gasteiger partial charge in [0.2, 0.25) is 5.78 Å². The first-order valence-corrected chi connectivity index (χ1v) is 6.96. The summed E-state index contributed by atoms with van der Waals surface area (Å²) < 4.78 is 3.23. The number of ketones is 1. The quantitative estimate of drug-likeness (QED) is 0.687. The number of carbonyl (C=O) groups is 2. The lowest BCUT2D eigenvalue weighted by atomic mass is 10.0. The molecular weight excluding hydrogens is 312 g/mol. The van der Waals surface area contributed by atoms with Crippen LogP contribution in [-0.2, 0) is 9.53 Å². The van der Waals surface area contributed by atoms with Crippen molar-refractivity contribution in [2.45, 2.75) is 43.0 Å². The maximum absolute atomic E-state index is 11.9. The highest BCUT2D eigenvalue weighted by molar-refractivity contribution is 6.77. The molecule has 1 heterocycles. The minimum Gasteiger partial charge on any atom is -0.443 e. The summed E-state index contributed by atoms with van der Waals surface area (Å²) in [5.41, 5.74) is -0.279. The third-order valence-electron chi connectivity index (χ3n) is 2.33. The zero-order valence-electron chi connectivity index (χ0n) is 11.0. The van der Waals surface area contributed by atoms with Gasteiger partial charge in [0.1, 0.15) is 5.60 Å². The molecule has 0 spiro atoms. The summed E-state index contributed by atoms with van der Waals surface area (Å²) in [6.45, 7) is 5.79. The number of hydrogen-bond acceptors (Lipinski definition) is 3. The summed E-state index contributed by atoms with van der Waals surface area (Å²) in [6, 6.07) is 0. The molecule has 0 aromatic rings. The maximum Gasteiger partial charge on any atom is 0.414 e. The molecule has 0 aromatic heterocycles. The van der Waals surface area contributed by atoms with E-state index in [1.54, 1.807) is 20.8 Å². The highest BCUT2D eigenvalue weighted by atomic mass is 35.6. The molecule has 1 aliphatic rings. The Morgan fingerprint density at radius 1 is 1.26 bits per heavy atom. The largest absolute Gasteiger partial charge is 0.443 e. The number of carbonyl (C=O) groups excluding carboxylic acids is 2. The molecule has 0 bridgehead atoms. The maximum atomic E-state index is 11.9. The van der Waals surface area contributed by atoms with Crippen LogP contribution in [0.2, 0.25) is 0 Å². The minimum atomic E-state index is -2.00. The first kappa shape index (κ1) is 16.6. The lowest BCUT2D eigenvalue weighted by Crippen LogP contribution is -2.37. The Morgan fingerprint density at radius 3 is 2.32 bits per heavy atom. The average Bonchev–Trinajstić information content (AvgIpc) is 2.24. The van der Waals surface area contributed by atoms with Gasteiger partial charge in [0.25, 0.3) is 3.79 Å².